The van der Waals surface area contributed by atoms with E-state index >= 15 is 0 Å². The monoisotopic (exact) mass is 346 g/mol. The molecule has 1 amide bonds. The Morgan fingerprint density at radius 2 is 2.22 bits per heavy atom. The number of aromatic nitrogens is 5. The Balaban J connectivity index is 1.66. The van der Waals surface area contributed by atoms with Gasteiger partial charge >= 0.3 is 0 Å². The fourth-order valence-corrected chi connectivity index (χ4v) is 3.41. The van der Waals surface area contributed by atoms with E-state index in [1.807, 2.05) is 19.2 Å². The zero-order valence-electron chi connectivity index (χ0n) is 12.6. The Bertz CT molecular complexity index is 798. The van der Waals surface area contributed by atoms with Gasteiger partial charge in [0.2, 0.25) is 0 Å². The second-order valence-electron chi connectivity index (χ2n) is 5.06. The number of rotatable bonds is 5. The van der Waals surface area contributed by atoms with E-state index < -0.39 is 0 Å². The summed E-state index contributed by atoms with van der Waals surface area (Å²) in [4.78, 5) is 25.5. The van der Waals surface area contributed by atoms with Crippen LogP contribution in [0.25, 0.3) is 10.7 Å². The van der Waals surface area contributed by atoms with Gasteiger partial charge in [-0.2, -0.15) is 0 Å². The molecule has 0 aromatic carbocycles. The fourth-order valence-electron chi connectivity index (χ4n) is 1.90. The van der Waals surface area contributed by atoms with Crippen molar-refractivity contribution in [3.63, 3.8) is 0 Å². The fraction of sp³-hybridized carbons (Fsp3) is 0.286. The lowest BCUT2D eigenvalue weighted by molar-refractivity contribution is 0.0953. The summed E-state index contributed by atoms with van der Waals surface area (Å²) in [6.45, 7) is 4.33. The van der Waals surface area contributed by atoms with Crippen molar-refractivity contribution in [1.29, 1.82) is 0 Å². The lowest BCUT2D eigenvalue weighted by Crippen LogP contribution is -2.23. The maximum atomic E-state index is 12.3. The van der Waals surface area contributed by atoms with Gasteiger partial charge in [-0.15, -0.1) is 16.4 Å². The number of thiazole rings is 1. The van der Waals surface area contributed by atoms with Crippen LogP contribution in [-0.2, 0) is 6.54 Å². The van der Waals surface area contributed by atoms with E-state index in [1.54, 1.807) is 18.6 Å². The summed E-state index contributed by atoms with van der Waals surface area (Å²) in [6.07, 6.45) is 4.91. The molecule has 3 aromatic heterocycles. The lowest BCUT2D eigenvalue weighted by Gasteiger charge is -2.04. The molecule has 0 fully saturated rings. The molecule has 118 valence electrons. The quantitative estimate of drug-likeness (QED) is 0.763. The van der Waals surface area contributed by atoms with Crippen LogP contribution in [-0.4, -0.2) is 30.4 Å². The van der Waals surface area contributed by atoms with E-state index in [9.17, 15) is 4.79 Å². The summed E-state index contributed by atoms with van der Waals surface area (Å²) in [5.74, 6) is -0.00483. The van der Waals surface area contributed by atoms with Crippen LogP contribution in [0.4, 0.5) is 0 Å². The normalized spacial score (nSPS) is 10.9. The molecule has 3 heterocycles. The minimum Gasteiger partial charge on any atom is -0.346 e. The summed E-state index contributed by atoms with van der Waals surface area (Å²) < 4.78 is 3.87. The highest BCUT2D eigenvalue weighted by Crippen LogP contribution is 2.22. The first-order valence-electron chi connectivity index (χ1n) is 6.96. The van der Waals surface area contributed by atoms with Crippen LogP contribution in [0.3, 0.4) is 0 Å². The molecule has 0 saturated carbocycles. The molecule has 0 spiro atoms. The molecular weight excluding hydrogens is 332 g/mol. The van der Waals surface area contributed by atoms with E-state index in [0.717, 1.165) is 33.6 Å². The lowest BCUT2D eigenvalue weighted by atomic mass is 10.1. The van der Waals surface area contributed by atoms with Gasteiger partial charge < -0.3 is 5.32 Å². The van der Waals surface area contributed by atoms with Crippen LogP contribution >= 0.6 is 22.9 Å². The molecular formula is C14H14N6OS2. The van der Waals surface area contributed by atoms with E-state index in [1.165, 1.54) is 11.3 Å². The van der Waals surface area contributed by atoms with E-state index in [4.69, 9.17) is 0 Å². The summed E-state index contributed by atoms with van der Waals surface area (Å²) in [5, 5.41) is 9.56. The summed E-state index contributed by atoms with van der Waals surface area (Å²) >= 11 is 2.59. The topological polar surface area (TPSA) is 93.6 Å². The first-order chi connectivity index (χ1) is 11.1. The minimum absolute atomic E-state index is 0.164. The molecule has 0 radical (unpaired) electrons. The van der Waals surface area contributed by atoms with Crippen LogP contribution in [0.5, 0.6) is 0 Å². The third-order valence-electron chi connectivity index (χ3n) is 3.03. The standard InChI is InChI=1S/C14H14N6OS2/c1-8(2)11-12(23-20-19-11)13(21)17-5-9-7-22-14(18-9)10-6-15-3-4-16-10/h3-4,6-8H,5H2,1-2H3,(H,17,21). The highest BCUT2D eigenvalue weighted by molar-refractivity contribution is 7.13. The van der Waals surface area contributed by atoms with Gasteiger partial charge in [0.05, 0.1) is 24.1 Å². The SMILES string of the molecule is CC(C)c1nnsc1C(=O)NCc1csc(-c2cnccn2)n1. The van der Waals surface area contributed by atoms with Gasteiger partial charge in [0.1, 0.15) is 15.6 Å². The van der Waals surface area contributed by atoms with E-state index in [2.05, 4.69) is 29.9 Å². The molecule has 1 N–H and O–H groups in total. The molecule has 0 aliphatic heterocycles. The van der Waals surface area contributed by atoms with Crippen molar-refractivity contribution in [2.45, 2.75) is 26.3 Å². The zero-order chi connectivity index (χ0) is 16.2. The number of nitrogens with zero attached hydrogens (tertiary/aromatic N) is 5. The third kappa shape index (κ3) is 3.57. The average Bonchev–Trinajstić information content (AvgIpc) is 3.23. The molecule has 0 atom stereocenters. The van der Waals surface area contributed by atoms with Gasteiger partial charge in [-0.1, -0.05) is 18.3 Å². The van der Waals surface area contributed by atoms with Crippen molar-refractivity contribution < 1.29 is 4.79 Å². The number of amides is 1. The second-order valence-corrected chi connectivity index (χ2v) is 6.67. The maximum absolute atomic E-state index is 12.3. The van der Waals surface area contributed by atoms with Crippen molar-refractivity contribution in [2.24, 2.45) is 0 Å². The third-order valence-corrected chi connectivity index (χ3v) is 4.68. The maximum Gasteiger partial charge on any atom is 0.265 e. The molecule has 0 saturated heterocycles. The smallest absolute Gasteiger partial charge is 0.265 e. The van der Waals surface area contributed by atoms with Crippen LogP contribution in [0.2, 0.25) is 0 Å². The number of nitrogens with one attached hydrogen (secondary N) is 1. The molecule has 0 bridgehead atoms. The highest BCUT2D eigenvalue weighted by Gasteiger charge is 2.18. The van der Waals surface area contributed by atoms with Crippen molar-refractivity contribution in [3.05, 3.63) is 40.2 Å². The number of carbonyl (C=O) groups is 1. The predicted octanol–water partition coefficient (Wildman–Crippen LogP) is 2.50. The molecule has 3 rings (SSSR count). The van der Waals surface area contributed by atoms with Gasteiger partial charge in [0, 0.05) is 17.8 Å². The van der Waals surface area contributed by atoms with Gasteiger partial charge in [-0.05, 0) is 17.5 Å². The van der Waals surface area contributed by atoms with Crippen LogP contribution in [0.15, 0.2) is 24.0 Å². The first kappa shape index (κ1) is 15.6. The molecule has 3 aromatic rings. The number of hydrogen-bond donors (Lipinski definition) is 1. The van der Waals surface area contributed by atoms with Crippen LogP contribution < -0.4 is 5.32 Å². The summed E-state index contributed by atoms with van der Waals surface area (Å²) in [5.41, 5.74) is 2.24. The Kier molecular flexibility index (Phi) is 4.68. The Labute approximate surface area is 141 Å². The minimum atomic E-state index is -0.169. The zero-order valence-corrected chi connectivity index (χ0v) is 14.2. The van der Waals surface area contributed by atoms with Crippen molar-refractivity contribution in [3.8, 4) is 10.7 Å². The van der Waals surface area contributed by atoms with Crippen molar-refractivity contribution in [1.82, 2.24) is 29.9 Å². The van der Waals surface area contributed by atoms with E-state index in [0.29, 0.717) is 11.4 Å². The van der Waals surface area contributed by atoms with Crippen molar-refractivity contribution >= 4 is 28.8 Å². The first-order valence-corrected chi connectivity index (χ1v) is 8.61. The van der Waals surface area contributed by atoms with Gasteiger partial charge in [0.15, 0.2) is 0 Å². The second kappa shape index (κ2) is 6.88. The van der Waals surface area contributed by atoms with Crippen LogP contribution in [0, 0.1) is 0 Å². The summed E-state index contributed by atoms with van der Waals surface area (Å²) in [7, 11) is 0. The van der Waals surface area contributed by atoms with Gasteiger partial charge in [-0.25, -0.2) is 4.98 Å². The predicted molar refractivity (Wildman–Crippen MR) is 88.3 cm³/mol. The van der Waals surface area contributed by atoms with E-state index in [-0.39, 0.29) is 11.8 Å². The highest BCUT2D eigenvalue weighted by atomic mass is 32.1. The molecule has 0 aliphatic carbocycles. The largest absolute Gasteiger partial charge is 0.346 e. The number of hydrogen-bond acceptors (Lipinski definition) is 8. The average molecular weight is 346 g/mol. The molecule has 9 heteroatoms. The Morgan fingerprint density at radius 3 is 2.96 bits per heavy atom. The Hall–Kier alpha value is -2.26. The molecule has 7 nitrogen and oxygen atoms in total. The summed E-state index contributed by atoms with van der Waals surface area (Å²) in [6, 6.07) is 0. The number of carbonyl (C=O) groups excluding carboxylic acids is 1. The van der Waals surface area contributed by atoms with Crippen LogP contribution in [0.1, 0.15) is 40.8 Å². The van der Waals surface area contributed by atoms with Gasteiger partial charge in [-0.3, -0.25) is 14.8 Å². The van der Waals surface area contributed by atoms with Crippen molar-refractivity contribution in [2.75, 3.05) is 0 Å². The van der Waals surface area contributed by atoms with Gasteiger partial charge in [0.25, 0.3) is 5.91 Å². The molecule has 0 aliphatic rings. The Morgan fingerprint density at radius 1 is 1.35 bits per heavy atom. The molecule has 0 unspecified atom stereocenters. The molecule has 23 heavy (non-hydrogen) atoms.